The number of benzene rings is 1. The Morgan fingerprint density at radius 1 is 1.12 bits per heavy atom. The first-order chi connectivity index (χ1) is 16.1. The summed E-state index contributed by atoms with van der Waals surface area (Å²) in [5, 5.41) is 3.04. The largest absolute Gasteiger partial charge is 0.381 e. The fourth-order valence-corrected chi connectivity index (χ4v) is 5.09. The molecule has 6 heteroatoms. The summed E-state index contributed by atoms with van der Waals surface area (Å²) in [6, 6.07) is 8.47. The van der Waals surface area contributed by atoms with Gasteiger partial charge < -0.3 is 19.9 Å². The predicted octanol–water partition coefficient (Wildman–Crippen LogP) is 4.05. The van der Waals surface area contributed by atoms with Crippen LogP contribution < -0.4 is 15.8 Å². The van der Waals surface area contributed by atoms with E-state index in [-0.39, 0.29) is 18.0 Å². The van der Waals surface area contributed by atoms with Crippen LogP contribution in [0.1, 0.15) is 65.3 Å². The van der Waals surface area contributed by atoms with Gasteiger partial charge in [0.2, 0.25) is 0 Å². The van der Waals surface area contributed by atoms with Gasteiger partial charge >= 0.3 is 0 Å². The third kappa shape index (κ3) is 5.38. The Kier molecular flexibility index (Phi) is 7.65. The second kappa shape index (κ2) is 10.8. The number of carbonyl (C=O) groups excluding carboxylic acids is 1. The van der Waals surface area contributed by atoms with E-state index in [0.29, 0.717) is 23.6 Å². The summed E-state index contributed by atoms with van der Waals surface area (Å²) in [7, 11) is 0. The molecule has 2 aromatic rings. The molecule has 2 aliphatic rings. The number of rotatable bonds is 3. The highest BCUT2D eigenvalue weighted by Gasteiger charge is 2.25. The van der Waals surface area contributed by atoms with E-state index in [1.165, 1.54) is 0 Å². The van der Waals surface area contributed by atoms with Crippen molar-refractivity contribution in [1.29, 1.82) is 0 Å². The summed E-state index contributed by atoms with van der Waals surface area (Å²) in [4.78, 5) is 31.3. The number of ether oxygens (including phenoxy) is 1. The molecule has 1 aromatic carbocycles. The third-order valence-electron chi connectivity index (χ3n) is 6.77. The van der Waals surface area contributed by atoms with Gasteiger partial charge in [-0.15, -0.1) is 0 Å². The highest BCUT2D eigenvalue weighted by atomic mass is 16.5. The number of nitrogens with one attached hydrogen (secondary N) is 2. The molecule has 0 unspecified atom stereocenters. The summed E-state index contributed by atoms with van der Waals surface area (Å²) in [6.07, 6.45) is 9.85. The Morgan fingerprint density at radius 2 is 1.94 bits per heavy atom. The van der Waals surface area contributed by atoms with E-state index < -0.39 is 0 Å². The maximum Gasteiger partial charge on any atom is 0.253 e. The number of pyridine rings is 1. The number of hydrogen-bond donors (Lipinski definition) is 2. The smallest absolute Gasteiger partial charge is 0.253 e. The van der Waals surface area contributed by atoms with Crippen molar-refractivity contribution in [2.45, 2.75) is 65.0 Å². The van der Waals surface area contributed by atoms with Crippen LogP contribution >= 0.6 is 0 Å². The number of aryl methyl sites for hydroxylation is 2. The van der Waals surface area contributed by atoms with Gasteiger partial charge in [-0.3, -0.25) is 9.59 Å². The zero-order chi connectivity index (χ0) is 23.2. The predicted molar refractivity (Wildman–Crippen MR) is 132 cm³/mol. The van der Waals surface area contributed by atoms with E-state index in [0.717, 1.165) is 74.4 Å². The zero-order valence-corrected chi connectivity index (χ0v) is 19.8. The zero-order valence-electron chi connectivity index (χ0n) is 19.8. The van der Waals surface area contributed by atoms with Gasteiger partial charge in [-0.25, -0.2) is 0 Å². The number of aromatic amines is 1. The summed E-state index contributed by atoms with van der Waals surface area (Å²) in [5.74, 6) is -0.131. The van der Waals surface area contributed by atoms with Crippen LogP contribution in [0.5, 0.6) is 0 Å². The van der Waals surface area contributed by atoms with Crippen molar-refractivity contribution in [1.82, 2.24) is 10.3 Å². The van der Waals surface area contributed by atoms with Gasteiger partial charge in [0.1, 0.15) is 0 Å². The number of carbonyl (C=O) groups is 1. The lowest BCUT2D eigenvalue weighted by Gasteiger charge is -2.37. The van der Waals surface area contributed by atoms with Crippen LogP contribution in [-0.4, -0.2) is 36.7 Å². The number of H-pyrrole nitrogens is 1. The van der Waals surface area contributed by atoms with E-state index in [9.17, 15) is 9.59 Å². The van der Waals surface area contributed by atoms with Gasteiger partial charge in [-0.2, -0.15) is 0 Å². The summed E-state index contributed by atoms with van der Waals surface area (Å²) < 4.78 is 5.58. The molecule has 0 bridgehead atoms. The van der Waals surface area contributed by atoms with Crippen LogP contribution in [0.4, 0.5) is 5.69 Å². The molecule has 2 aliphatic heterocycles. The minimum atomic E-state index is -0.131. The monoisotopic (exact) mass is 449 g/mol. The molecule has 33 heavy (non-hydrogen) atoms. The van der Waals surface area contributed by atoms with Crippen molar-refractivity contribution in [3.8, 4) is 0 Å². The van der Waals surface area contributed by atoms with Crippen LogP contribution in [-0.2, 0) is 24.1 Å². The standard InChI is InChI=1S/C27H35N3O3/c1-3-30(21-13-15-33-16-14-21)25-12-8-11-23-22(25)10-7-5-4-6-9-20-17-19(2)29-27(32)24(20)18-28-26(23)31/h5,7-8,11-12,17,21H,3-4,6,9-10,13-16,18H2,1-2H3,(H,28,31)(H,29,32)/b7-5-. The first-order valence-corrected chi connectivity index (χ1v) is 12.2. The van der Waals surface area contributed by atoms with Crippen molar-refractivity contribution in [3.63, 3.8) is 0 Å². The number of fused-ring (bicyclic) bond motifs is 2. The lowest BCUT2D eigenvalue weighted by Crippen LogP contribution is -2.40. The summed E-state index contributed by atoms with van der Waals surface area (Å²) in [6.45, 7) is 6.76. The Morgan fingerprint density at radius 3 is 2.73 bits per heavy atom. The molecular formula is C27H35N3O3. The highest BCUT2D eigenvalue weighted by molar-refractivity contribution is 5.97. The number of allylic oxidation sites excluding steroid dienone is 2. The molecule has 1 amide bonds. The van der Waals surface area contributed by atoms with Crippen LogP contribution in [0.25, 0.3) is 0 Å². The van der Waals surface area contributed by atoms with E-state index in [1.54, 1.807) is 0 Å². The highest BCUT2D eigenvalue weighted by Crippen LogP contribution is 2.30. The quantitative estimate of drug-likeness (QED) is 0.693. The van der Waals surface area contributed by atoms with Crippen molar-refractivity contribution in [2.24, 2.45) is 0 Å². The number of nitrogens with zero attached hydrogens (tertiary/aromatic N) is 1. The summed E-state index contributed by atoms with van der Waals surface area (Å²) >= 11 is 0. The van der Waals surface area contributed by atoms with Crippen molar-refractivity contribution < 1.29 is 9.53 Å². The fraction of sp³-hybridized carbons (Fsp3) is 0.481. The van der Waals surface area contributed by atoms with E-state index in [1.807, 2.05) is 25.1 Å². The first kappa shape index (κ1) is 23.3. The van der Waals surface area contributed by atoms with Gasteiger partial charge in [-0.1, -0.05) is 18.2 Å². The van der Waals surface area contributed by atoms with Gasteiger partial charge in [-0.05, 0) is 81.7 Å². The second-order valence-electron chi connectivity index (χ2n) is 8.97. The number of aromatic nitrogens is 1. The molecule has 0 atom stereocenters. The van der Waals surface area contributed by atoms with E-state index >= 15 is 0 Å². The first-order valence-electron chi connectivity index (χ1n) is 12.2. The Bertz CT molecular complexity index is 1070. The maximum absolute atomic E-state index is 13.3. The number of anilines is 1. The van der Waals surface area contributed by atoms with Crippen molar-refractivity contribution >= 4 is 11.6 Å². The minimum absolute atomic E-state index is 0.110. The van der Waals surface area contributed by atoms with Gasteiger partial charge in [0.05, 0.1) is 0 Å². The molecule has 0 aliphatic carbocycles. The minimum Gasteiger partial charge on any atom is -0.381 e. The molecule has 1 aromatic heterocycles. The van der Waals surface area contributed by atoms with Crippen LogP contribution in [0.15, 0.2) is 41.2 Å². The number of amides is 1. The van der Waals surface area contributed by atoms with Crippen molar-refractivity contribution in [3.05, 3.63) is 74.7 Å². The number of hydrogen-bond acceptors (Lipinski definition) is 4. The normalized spacial score (nSPS) is 18.7. The van der Waals surface area contributed by atoms with Gasteiger partial charge in [0, 0.05) is 54.9 Å². The lowest BCUT2D eigenvalue weighted by molar-refractivity contribution is 0.0845. The molecule has 2 N–H and O–H groups in total. The van der Waals surface area contributed by atoms with Crippen molar-refractivity contribution in [2.75, 3.05) is 24.7 Å². The molecule has 1 fully saturated rings. The van der Waals surface area contributed by atoms with Gasteiger partial charge in [0.25, 0.3) is 11.5 Å². The molecular weight excluding hydrogens is 414 g/mol. The van der Waals surface area contributed by atoms with E-state index in [4.69, 9.17) is 4.74 Å². The fourth-order valence-electron chi connectivity index (χ4n) is 5.09. The van der Waals surface area contributed by atoms with Gasteiger partial charge in [0.15, 0.2) is 0 Å². The summed E-state index contributed by atoms with van der Waals surface area (Å²) in [5.41, 5.74) is 5.30. The maximum atomic E-state index is 13.3. The van der Waals surface area contributed by atoms with Crippen LogP contribution in [0.2, 0.25) is 0 Å². The molecule has 6 nitrogen and oxygen atoms in total. The second-order valence-corrected chi connectivity index (χ2v) is 8.97. The topological polar surface area (TPSA) is 74.4 Å². The Balaban J connectivity index is 1.70. The molecule has 176 valence electrons. The average molecular weight is 450 g/mol. The lowest BCUT2D eigenvalue weighted by atomic mass is 9.97. The molecule has 4 rings (SSSR count). The molecule has 0 saturated carbocycles. The molecule has 0 spiro atoms. The van der Waals surface area contributed by atoms with Crippen LogP contribution in [0.3, 0.4) is 0 Å². The molecule has 0 radical (unpaired) electrons. The Hall–Kier alpha value is -2.86. The average Bonchev–Trinajstić information content (AvgIpc) is 2.83. The Labute approximate surface area is 196 Å². The molecule has 3 heterocycles. The molecule has 1 saturated heterocycles. The SMILES string of the molecule is CCN(c1cccc2c1C/C=C\CCCc1cc(C)[nH]c(=O)c1CNC2=O)C1CCOCC1. The van der Waals surface area contributed by atoms with E-state index in [2.05, 4.69) is 40.3 Å². The van der Waals surface area contributed by atoms with Crippen LogP contribution in [0, 0.1) is 6.92 Å². The third-order valence-corrected chi connectivity index (χ3v) is 6.77.